The van der Waals surface area contributed by atoms with Crippen molar-refractivity contribution in [2.45, 2.75) is 142 Å². The fourth-order valence-electron chi connectivity index (χ4n) is 8.69. The number of hydrogen-bond acceptors (Lipinski definition) is 8. The van der Waals surface area contributed by atoms with Crippen LogP contribution in [-0.4, -0.2) is 56.3 Å². The van der Waals surface area contributed by atoms with Gasteiger partial charge >= 0.3 is 5.97 Å². The standard InChI is InChI=1S/C37H56N2O6/c1-7-9-32-38-33(45-39-32)37(18-19-37)31(44-34(43)35(4,5)22-40)16-11-23(2)28-14-15-29-25(10-8-17-36(28,29)6)12-13-26-20-27(41)21-30(42)24(26)3/h12-13,23,27-31,40-42H,3,7-11,14-22H2,1-2,4-6H3/b25-12+,26-13-/t23-,27-,28-,29+,30+,31-,36-/m1/s1. The number of hydrogen-bond donors (Lipinski definition) is 3. The SMILES string of the molecule is C=C1/C(=C\C=C2/CCC[C@]3(C)[C@@H]([C@H](C)CC[C@@H](OC(=O)C(C)(C)CO)C4(c5nc(CCC)no5)CC4)CC[C@@H]23)C[C@@H](O)C[C@@H]1O. The summed E-state index contributed by atoms with van der Waals surface area (Å²) in [4.78, 5) is 18.0. The van der Waals surface area contributed by atoms with Crippen molar-refractivity contribution in [2.24, 2.45) is 28.6 Å². The Bertz CT molecular complexity index is 1290. The molecule has 0 unspecified atom stereocenters. The van der Waals surface area contributed by atoms with E-state index in [2.05, 4.69) is 44.7 Å². The minimum atomic E-state index is -0.978. The van der Waals surface area contributed by atoms with Gasteiger partial charge in [-0.2, -0.15) is 4.98 Å². The molecular formula is C37H56N2O6. The van der Waals surface area contributed by atoms with Crippen molar-refractivity contribution in [3.05, 3.63) is 47.2 Å². The zero-order valence-electron chi connectivity index (χ0n) is 28.2. The number of ether oxygens (including phenoxy) is 1. The van der Waals surface area contributed by atoms with Crippen LogP contribution in [0, 0.1) is 28.6 Å². The number of fused-ring (bicyclic) bond motifs is 1. The van der Waals surface area contributed by atoms with Crippen molar-refractivity contribution < 1.29 is 29.4 Å². The molecule has 0 saturated heterocycles. The summed E-state index contributed by atoms with van der Waals surface area (Å²) in [5.41, 5.74) is 1.97. The van der Waals surface area contributed by atoms with Crippen molar-refractivity contribution in [3.63, 3.8) is 0 Å². The zero-order valence-corrected chi connectivity index (χ0v) is 28.2. The Labute approximate surface area is 269 Å². The first-order chi connectivity index (χ1) is 21.3. The van der Waals surface area contributed by atoms with Gasteiger partial charge in [-0.3, -0.25) is 4.79 Å². The molecule has 0 spiro atoms. The molecule has 0 radical (unpaired) electrons. The van der Waals surface area contributed by atoms with Gasteiger partial charge in [0.05, 0.1) is 29.6 Å². The van der Waals surface area contributed by atoms with E-state index in [9.17, 15) is 20.1 Å². The third-order valence-electron chi connectivity index (χ3n) is 11.8. The predicted octanol–water partition coefficient (Wildman–Crippen LogP) is 6.54. The quantitative estimate of drug-likeness (QED) is 0.224. The average Bonchev–Trinajstić information content (AvgIpc) is 3.52. The lowest BCUT2D eigenvalue weighted by Gasteiger charge is -2.44. The summed E-state index contributed by atoms with van der Waals surface area (Å²) in [6.07, 6.45) is 14.6. The van der Waals surface area contributed by atoms with Crippen LogP contribution in [0.15, 0.2) is 40.0 Å². The fourth-order valence-corrected chi connectivity index (χ4v) is 8.69. The molecule has 250 valence electrons. The summed E-state index contributed by atoms with van der Waals surface area (Å²) in [6, 6.07) is 0. The molecule has 45 heavy (non-hydrogen) atoms. The summed E-state index contributed by atoms with van der Waals surface area (Å²) in [6.45, 7) is 14.2. The van der Waals surface area contributed by atoms with E-state index in [-0.39, 0.29) is 24.1 Å². The van der Waals surface area contributed by atoms with E-state index in [1.165, 1.54) is 24.8 Å². The second kappa shape index (κ2) is 13.4. The number of aromatic nitrogens is 2. The molecule has 8 nitrogen and oxygen atoms in total. The van der Waals surface area contributed by atoms with Gasteiger partial charge in [-0.05, 0) is 119 Å². The molecule has 3 N–H and O–H groups in total. The lowest BCUT2D eigenvalue weighted by atomic mass is 9.60. The van der Waals surface area contributed by atoms with Crippen LogP contribution in [0.3, 0.4) is 0 Å². The first-order valence-electron chi connectivity index (χ1n) is 17.4. The fraction of sp³-hybridized carbons (Fsp3) is 0.757. The highest BCUT2D eigenvalue weighted by Gasteiger charge is 2.58. The molecule has 4 aliphatic carbocycles. The molecule has 8 heteroatoms. The summed E-state index contributed by atoms with van der Waals surface area (Å²) >= 11 is 0. The molecule has 1 aromatic rings. The minimum Gasteiger partial charge on any atom is -0.461 e. The predicted molar refractivity (Wildman–Crippen MR) is 173 cm³/mol. The Kier molecular flexibility index (Phi) is 10.2. The van der Waals surface area contributed by atoms with Crippen molar-refractivity contribution in [2.75, 3.05) is 6.61 Å². The number of esters is 1. The van der Waals surface area contributed by atoms with Crippen LogP contribution >= 0.6 is 0 Å². The lowest BCUT2D eigenvalue weighted by Crippen LogP contribution is -2.39. The van der Waals surface area contributed by atoms with E-state index >= 15 is 0 Å². The van der Waals surface area contributed by atoms with Crippen LogP contribution < -0.4 is 0 Å². The molecule has 7 atom stereocenters. The third kappa shape index (κ3) is 6.89. The van der Waals surface area contributed by atoms with Gasteiger partial charge in [0.15, 0.2) is 5.82 Å². The summed E-state index contributed by atoms with van der Waals surface area (Å²) < 4.78 is 12.0. The Morgan fingerprint density at radius 3 is 2.64 bits per heavy atom. The van der Waals surface area contributed by atoms with Gasteiger partial charge in [0.1, 0.15) is 6.10 Å². The topological polar surface area (TPSA) is 126 Å². The molecule has 0 aromatic carbocycles. The van der Waals surface area contributed by atoms with Crippen LogP contribution in [-0.2, 0) is 21.4 Å². The molecule has 1 aromatic heterocycles. The molecule has 0 amide bonds. The monoisotopic (exact) mass is 624 g/mol. The van der Waals surface area contributed by atoms with Crippen LogP contribution in [0.4, 0.5) is 0 Å². The van der Waals surface area contributed by atoms with Crippen molar-refractivity contribution in [1.29, 1.82) is 0 Å². The highest BCUT2D eigenvalue weighted by Crippen LogP contribution is 2.60. The van der Waals surface area contributed by atoms with Gasteiger partial charge in [-0.1, -0.05) is 50.2 Å². The van der Waals surface area contributed by atoms with Gasteiger partial charge in [0.25, 0.3) is 0 Å². The molecular weight excluding hydrogens is 568 g/mol. The van der Waals surface area contributed by atoms with Crippen LogP contribution in [0.2, 0.25) is 0 Å². The normalized spacial score (nSPS) is 32.8. The number of carbonyl (C=O) groups is 1. The second-order valence-corrected chi connectivity index (χ2v) is 15.6. The van der Waals surface area contributed by atoms with Gasteiger partial charge in [-0.15, -0.1) is 0 Å². The molecule has 0 aliphatic heterocycles. The number of aryl methyl sites for hydroxylation is 1. The Morgan fingerprint density at radius 2 is 1.96 bits per heavy atom. The highest BCUT2D eigenvalue weighted by molar-refractivity contribution is 5.76. The first kappa shape index (κ1) is 34.1. The molecule has 0 bridgehead atoms. The molecule has 4 aliphatic rings. The molecule has 1 heterocycles. The van der Waals surface area contributed by atoms with E-state index in [0.29, 0.717) is 42.3 Å². The van der Waals surface area contributed by atoms with Crippen LogP contribution in [0.25, 0.3) is 0 Å². The van der Waals surface area contributed by atoms with Gasteiger partial charge in [0, 0.05) is 12.8 Å². The van der Waals surface area contributed by atoms with E-state index in [4.69, 9.17) is 14.2 Å². The largest absolute Gasteiger partial charge is 0.461 e. The lowest BCUT2D eigenvalue weighted by molar-refractivity contribution is -0.164. The summed E-state index contributed by atoms with van der Waals surface area (Å²) in [5, 5.41) is 34.6. The van der Waals surface area contributed by atoms with Crippen LogP contribution in [0.1, 0.15) is 123 Å². The summed E-state index contributed by atoms with van der Waals surface area (Å²) in [7, 11) is 0. The number of allylic oxidation sites excluding steroid dienone is 3. The number of carbonyl (C=O) groups excluding carboxylic acids is 1. The average molecular weight is 625 g/mol. The van der Waals surface area contributed by atoms with Gasteiger partial charge in [-0.25, -0.2) is 0 Å². The van der Waals surface area contributed by atoms with Crippen LogP contribution in [0.5, 0.6) is 0 Å². The van der Waals surface area contributed by atoms with Crippen molar-refractivity contribution in [1.82, 2.24) is 10.1 Å². The maximum absolute atomic E-state index is 13.2. The Balaban J connectivity index is 1.31. The minimum absolute atomic E-state index is 0.203. The van der Waals surface area contributed by atoms with Crippen molar-refractivity contribution >= 4 is 5.97 Å². The van der Waals surface area contributed by atoms with Gasteiger partial charge < -0.3 is 24.6 Å². The van der Waals surface area contributed by atoms with Crippen molar-refractivity contribution in [3.8, 4) is 0 Å². The smallest absolute Gasteiger partial charge is 0.314 e. The zero-order chi connectivity index (χ0) is 32.6. The number of aliphatic hydroxyl groups excluding tert-OH is 3. The van der Waals surface area contributed by atoms with E-state index in [0.717, 1.165) is 62.5 Å². The van der Waals surface area contributed by atoms with E-state index < -0.39 is 23.0 Å². The molecule has 4 fully saturated rings. The maximum Gasteiger partial charge on any atom is 0.314 e. The van der Waals surface area contributed by atoms with Gasteiger partial charge in [0.2, 0.25) is 5.89 Å². The number of nitrogens with zero attached hydrogens (tertiary/aromatic N) is 2. The highest BCUT2D eigenvalue weighted by atomic mass is 16.5. The first-order valence-corrected chi connectivity index (χ1v) is 17.4. The number of rotatable bonds is 12. The molecule has 5 rings (SSSR count). The van der Waals surface area contributed by atoms with E-state index in [1.54, 1.807) is 13.8 Å². The Hall–Kier alpha value is -2.29. The molecule has 4 saturated carbocycles. The Morgan fingerprint density at radius 1 is 1.20 bits per heavy atom. The number of aliphatic hydroxyl groups is 3. The third-order valence-corrected chi connectivity index (χ3v) is 11.8. The van der Waals surface area contributed by atoms with E-state index in [1.807, 2.05) is 0 Å². The summed E-state index contributed by atoms with van der Waals surface area (Å²) in [5.74, 6) is 2.44. The maximum atomic E-state index is 13.2. The second-order valence-electron chi connectivity index (χ2n) is 15.6.